The molecule has 0 radical (unpaired) electrons. The van der Waals surface area contributed by atoms with Crippen LogP contribution in [0.2, 0.25) is 5.28 Å². The number of hydrogen-bond acceptors (Lipinski definition) is 6. The predicted molar refractivity (Wildman–Crippen MR) is 84.0 cm³/mol. The van der Waals surface area contributed by atoms with E-state index < -0.39 is 0 Å². The molecule has 1 aliphatic rings. The Balaban J connectivity index is 1.89. The molecule has 2 heterocycles. The summed E-state index contributed by atoms with van der Waals surface area (Å²) in [6, 6.07) is 0.679. The van der Waals surface area contributed by atoms with Gasteiger partial charge in [-0.3, -0.25) is 0 Å². The summed E-state index contributed by atoms with van der Waals surface area (Å²) in [6.45, 7) is 8.24. The predicted octanol–water partition coefficient (Wildman–Crippen LogP) is 2.60. The average Bonchev–Trinajstić information content (AvgIpc) is 2.47. The molecule has 6 nitrogen and oxygen atoms in total. The summed E-state index contributed by atoms with van der Waals surface area (Å²) in [4.78, 5) is 14.9. The third kappa shape index (κ3) is 5.28. The number of likely N-dealkylation sites (tertiary alicyclic amines) is 1. The first-order chi connectivity index (χ1) is 10.2. The van der Waals surface area contributed by atoms with E-state index in [0.29, 0.717) is 24.6 Å². The third-order valence-electron chi connectivity index (χ3n) is 3.48. The number of halogens is 1. The van der Waals surface area contributed by atoms with E-state index in [2.05, 4.69) is 32.1 Å². The lowest BCUT2D eigenvalue weighted by atomic mass is 10.1. The van der Waals surface area contributed by atoms with Gasteiger partial charge in [-0.05, 0) is 43.8 Å². The third-order valence-corrected chi connectivity index (χ3v) is 3.65. The molecule has 1 aromatic rings. The van der Waals surface area contributed by atoms with Crippen LogP contribution in [0, 0.1) is 0 Å². The fraction of sp³-hybridized carbons (Fsp3) is 0.786. The van der Waals surface area contributed by atoms with Gasteiger partial charge in [0.15, 0.2) is 0 Å². The lowest BCUT2D eigenvalue weighted by Crippen LogP contribution is -2.39. The van der Waals surface area contributed by atoms with Crippen LogP contribution < -0.4 is 10.1 Å². The zero-order valence-corrected chi connectivity index (χ0v) is 13.6. The fourth-order valence-corrected chi connectivity index (χ4v) is 2.61. The number of piperidine rings is 1. The number of nitrogens with zero attached hydrogens (tertiary/aromatic N) is 4. The van der Waals surface area contributed by atoms with Gasteiger partial charge in [0.05, 0.1) is 6.61 Å². The van der Waals surface area contributed by atoms with Gasteiger partial charge in [-0.2, -0.15) is 15.0 Å². The van der Waals surface area contributed by atoms with Gasteiger partial charge >= 0.3 is 6.01 Å². The number of hydrogen-bond donors (Lipinski definition) is 1. The molecule has 0 unspecified atom stereocenters. The molecule has 1 aromatic heterocycles. The van der Waals surface area contributed by atoms with Crippen LogP contribution in [-0.4, -0.2) is 52.1 Å². The number of aromatic nitrogens is 3. The Labute approximate surface area is 131 Å². The van der Waals surface area contributed by atoms with E-state index in [9.17, 15) is 0 Å². The zero-order chi connectivity index (χ0) is 15.1. The van der Waals surface area contributed by atoms with Crippen LogP contribution >= 0.6 is 11.6 Å². The highest BCUT2D eigenvalue weighted by atomic mass is 35.5. The summed E-state index contributed by atoms with van der Waals surface area (Å²) in [5.41, 5.74) is 0. The van der Waals surface area contributed by atoms with Gasteiger partial charge in [-0.15, -0.1) is 0 Å². The largest absolute Gasteiger partial charge is 0.463 e. The van der Waals surface area contributed by atoms with Crippen molar-refractivity contribution in [2.45, 2.75) is 45.6 Å². The molecule has 1 saturated heterocycles. The molecule has 0 spiro atoms. The molecule has 1 aliphatic heterocycles. The first kappa shape index (κ1) is 16.2. The van der Waals surface area contributed by atoms with E-state index in [1.54, 1.807) is 0 Å². The highest BCUT2D eigenvalue weighted by molar-refractivity contribution is 6.28. The first-order valence-electron chi connectivity index (χ1n) is 7.74. The first-order valence-corrected chi connectivity index (χ1v) is 8.12. The molecule has 1 fully saturated rings. The Hall–Kier alpha value is -1.14. The number of nitrogens with one attached hydrogen (secondary N) is 1. The second kappa shape index (κ2) is 8.34. The van der Waals surface area contributed by atoms with Gasteiger partial charge in [0.25, 0.3) is 0 Å². The van der Waals surface area contributed by atoms with Crippen molar-refractivity contribution in [1.29, 1.82) is 0 Å². The number of ether oxygens (including phenoxy) is 1. The summed E-state index contributed by atoms with van der Waals surface area (Å²) in [7, 11) is 0. The van der Waals surface area contributed by atoms with Crippen molar-refractivity contribution in [2.75, 3.05) is 31.6 Å². The number of anilines is 1. The SMILES string of the molecule is CCCOc1nc(Cl)nc(NC2CCN(CCC)CC2)n1. The minimum Gasteiger partial charge on any atom is -0.463 e. The van der Waals surface area contributed by atoms with Crippen molar-refractivity contribution in [2.24, 2.45) is 0 Å². The van der Waals surface area contributed by atoms with Crippen molar-refractivity contribution < 1.29 is 4.74 Å². The molecule has 7 heteroatoms. The molecule has 0 aliphatic carbocycles. The Kier molecular flexibility index (Phi) is 6.45. The van der Waals surface area contributed by atoms with Gasteiger partial charge in [-0.25, -0.2) is 0 Å². The molecular weight excluding hydrogens is 290 g/mol. The van der Waals surface area contributed by atoms with Crippen LogP contribution in [0.4, 0.5) is 5.95 Å². The molecular formula is C14H24ClN5O. The van der Waals surface area contributed by atoms with E-state index in [1.807, 2.05) is 6.92 Å². The molecule has 0 aromatic carbocycles. The minimum absolute atomic E-state index is 0.169. The second-order valence-corrected chi connectivity index (χ2v) is 5.66. The Morgan fingerprint density at radius 3 is 2.62 bits per heavy atom. The quantitative estimate of drug-likeness (QED) is 0.835. The van der Waals surface area contributed by atoms with Gasteiger partial charge in [0, 0.05) is 19.1 Å². The van der Waals surface area contributed by atoms with Crippen molar-refractivity contribution in [3.8, 4) is 6.01 Å². The lowest BCUT2D eigenvalue weighted by Gasteiger charge is -2.32. The maximum atomic E-state index is 5.92. The molecule has 0 amide bonds. The Bertz CT molecular complexity index is 437. The van der Waals surface area contributed by atoms with Gasteiger partial charge < -0.3 is 15.0 Å². The average molecular weight is 314 g/mol. The van der Waals surface area contributed by atoms with Gasteiger partial charge in [0.1, 0.15) is 0 Å². The summed E-state index contributed by atoms with van der Waals surface area (Å²) in [5, 5.41) is 3.52. The molecule has 118 valence electrons. The van der Waals surface area contributed by atoms with E-state index >= 15 is 0 Å². The second-order valence-electron chi connectivity index (χ2n) is 5.32. The Morgan fingerprint density at radius 2 is 1.95 bits per heavy atom. The Morgan fingerprint density at radius 1 is 1.19 bits per heavy atom. The number of rotatable bonds is 7. The molecule has 0 saturated carbocycles. The van der Waals surface area contributed by atoms with E-state index in [0.717, 1.165) is 32.4 Å². The van der Waals surface area contributed by atoms with Crippen LogP contribution in [0.3, 0.4) is 0 Å². The molecule has 1 N–H and O–H groups in total. The van der Waals surface area contributed by atoms with Crippen LogP contribution in [0.1, 0.15) is 39.5 Å². The molecule has 21 heavy (non-hydrogen) atoms. The zero-order valence-electron chi connectivity index (χ0n) is 12.8. The fourth-order valence-electron chi connectivity index (χ4n) is 2.45. The highest BCUT2D eigenvalue weighted by Gasteiger charge is 2.19. The maximum absolute atomic E-state index is 5.92. The normalized spacial score (nSPS) is 16.9. The van der Waals surface area contributed by atoms with E-state index in [-0.39, 0.29) is 5.28 Å². The summed E-state index contributed by atoms with van der Waals surface area (Å²) < 4.78 is 5.42. The van der Waals surface area contributed by atoms with Crippen LogP contribution in [0.25, 0.3) is 0 Å². The van der Waals surface area contributed by atoms with E-state index in [4.69, 9.17) is 16.3 Å². The van der Waals surface area contributed by atoms with Crippen molar-refractivity contribution >= 4 is 17.5 Å². The molecule has 2 rings (SSSR count). The molecule has 0 atom stereocenters. The minimum atomic E-state index is 0.169. The summed E-state index contributed by atoms with van der Waals surface area (Å²) in [6.07, 6.45) is 4.30. The standard InChI is InChI=1S/C14H24ClN5O/c1-3-7-20-8-5-11(6-9-20)16-13-17-12(15)18-14(19-13)21-10-4-2/h11H,3-10H2,1-2H3,(H,16,17,18,19). The van der Waals surface area contributed by atoms with Crippen molar-refractivity contribution in [3.63, 3.8) is 0 Å². The topological polar surface area (TPSA) is 63.2 Å². The van der Waals surface area contributed by atoms with Crippen LogP contribution in [0.15, 0.2) is 0 Å². The van der Waals surface area contributed by atoms with Gasteiger partial charge in [-0.1, -0.05) is 13.8 Å². The van der Waals surface area contributed by atoms with Crippen molar-refractivity contribution in [1.82, 2.24) is 19.9 Å². The van der Waals surface area contributed by atoms with Crippen LogP contribution in [-0.2, 0) is 0 Å². The van der Waals surface area contributed by atoms with E-state index in [1.165, 1.54) is 13.0 Å². The van der Waals surface area contributed by atoms with Crippen molar-refractivity contribution in [3.05, 3.63) is 5.28 Å². The smallest absolute Gasteiger partial charge is 0.322 e. The summed E-state index contributed by atoms with van der Waals surface area (Å²) in [5.74, 6) is 0.509. The lowest BCUT2D eigenvalue weighted by molar-refractivity contribution is 0.219. The highest BCUT2D eigenvalue weighted by Crippen LogP contribution is 2.17. The monoisotopic (exact) mass is 313 g/mol. The van der Waals surface area contributed by atoms with Crippen LogP contribution in [0.5, 0.6) is 6.01 Å². The maximum Gasteiger partial charge on any atom is 0.322 e. The summed E-state index contributed by atoms with van der Waals surface area (Å²) >= 11 is 5.92. The molecule has 0 bridgehead atoms. The van der Waals surface area contributed by atoms with Gasteiger partial charge in [0.2, 0.25) is 11.2 Å².